The van der Waals surface area contributed by atoms with Crippen LogP contribution in [0.4, 0.5) is 9.59 Å². The van der Waals surface area contributed by atoms with Crippen LogP contribution in [0.5, 0.6) is 0 Å². The Morgan fingerprint density at radius 1 is 1.33 bits per heavy atom. The fraction of sp³-hybridized carbons (Fsp3) is 0.800. The predicted octanol–water partition coefficient (Wildman–Crippen LogP) is 2.64. The first-order valence-electron chi connectivity index (χ1n) is 10.7. The van der Waals surface area contributed by atoms with Crippen molar-refractivity contribution in [3.8, 4) is 0 Å². The number of carbonyl (C=O) groups is 2. The number of nitrogens with zero attached hydrogens (tertiary/aromatic N) is 4. The number of hydroxylamine groups is 2. The molecule has 4 aliphatic rings. The summed E-state index contributed by atoms with van der Waals surface area (Å²) >= 11 is 0. The van der Waals surface area contributed by atoms with Crippen molar-refractivity contribution in [2.24, 2.45) is 11.3 Å². The molecule has 10 nitrogen and oxygen atoms in total. The Morgan fingerprint density at radius 3 is 2.73 bits per heavy atom. The lowest BCUT2D eigenvalue weighted by Gasteiger charge is -2.35. The van der Waals surface area contributed by atoms with Gasteiger partial charge in [0, 0.05) is 19.0 Å². The van der Waals surface area contributed by atoms with E-state index in [9.17, 15) is 14.8 Å². The van der Waals surface area contributed by atoms with Gasteiger partial charge in [-0.05, 0) is 64.2 Å². The van der Waals surface area contributed by atoms with Crippen LogP contribution in [0, 0.1) is 11.3 Å². The van der Waals surface area contributed by atoms with Gasteiger partial charge in [-0.1, -0.05) is 0 Å². The fourth-order valence-corrected chi connectivity index (χ4v) is 5.10. The molecule has 10 heteroatoms. The van der Waals surface area contributed by atoms with Gasteiger partial charge in [-0.3, -0.25) is 5.21 Å². The zero-order valence-electron chi connectivity index (χ0n) is 17.6. The van der Waals surface area contributed by atoms with Crippen LogP contribution in [0.3, 0.4) is 0 Å². The molecule has 4 fully saturated rings. The van der Waals surface area contributed by atoms with Crippen LogP contribution in [-0.2, 0) is 11.2 Å². The lowest BCUT2D eigenvalue weighted by molar-refractivity contribution is -0.0783. The number of aromatic nitrogens is 2. The molecule has 0 aromatic carbocycles. The van der Waals surface area contributed by atoms with Crippen LogP contribution in [0.25, 0.3) is 0 Å². The number of carbonyl (C=O) groups excluding carboxylic acids is 2. The number of nitrogens with one attached hydrogen (secondary N) is 1. The lowest BCUT2D eigenvalue weighted by Crippen LogP contribution is -2.46. The van der Waals surface area contributed by atoms with Crippen molar-refractivity contribution in [3.05, 3.63) is 11.8 Å². The summed E-state index contributed by atoms with van der Waals surface area (Å²) in [4.78, 5) is 25.9. The van der Waals surface area contributed by atoms with E-state index in [1.165, 1.54) is 0 Å². The van der Waals surface area contributed by atoms with Crippen molar-refractivity contribution in [3.63, 3.8) is 0 Å². The summed E-state index contributed by atoms with van der Waals surface area (Å²) in [6.45, 7) is 6.04. The zero-order valence-corrected chi connectivity index (χ0v) is 17.6. The van der Waals surface area contributed by atoms with Crippen LogP contribution >= 0.6 is 0 Å². The molecule has 0 radical (unpaired) electrons. The van der Waals surface area contributed by atoms with E-state index in [2.05, 4.69) is 15.5 Å². The summed E-state index contributed by atoms with van der Waals surface area (Å²) in [6, 6.07) is -0.649. The highest BCUT2D eigenvalue weighted by Crippen LogP contribution is 2.61. The van der Waals surface area contributed by atoms with Crippen molar-refractivity contribution >= 4 is 12.1 Å². The molecule has 1 aromatic rings. The molecular weight excluding hydrogens is 390 g/mol. The minimum absolute atomic E-state index is 0.00869. The van der Waals surface area contributed by atoms with Crippen molar-refractivity contribution < 1.29 is 24.0 Å². The Bertz CT molecular complexity index is 854. The highest BCUT2D eigenvalue weighted by molar-refractivity contribution is 5.77. The van der Waals surface area contributed by atoms with Gasteiger partial charge in [-0.15, -0.1) is 10.2 Å². The molecule has 1 spiro atoms. The molecule has 2 atom stereocenters. The van der Waals surface area contributed by atoms with E-state index >= 15 is 0 Å². The second-order valence-corrected chi connectivity index (χ2v) is 10.3. The minimum atomic E-state index is -0.505. The number of amides is 3. The van der Waals surface area contributed by atoms with Gasteiger partial charge < -0.3 is 19.4 Å². The maximum atomic E-state index is 12.4. The molecule has 2 saturated carbocycles. The Kier molecular flexibility index (Phi) is 4.29. The Balaban J connectivity index is 1.16. The Morgan fingerprint density at radius 2 is 2.07 bits per heavy atom. The number of hydrogen-bond donors (Lipinski definition) is 2. The number of hydrogen-bond acceptors (Lipinski definition) is 7. The van der Waals surface area contributed by atoms with Gasteiger partial charge in [-0.25, -0.2) is 14.7 Å². The van der Waals surface area contributed by atoms with Gasteiger partial charge in [0.1, 0.15) is 11.6 Å². The number of urea groups is 1. The average molecular weight is 419 g/mol. The van der Waals surface area contributed by atoms with Crippen molar-refractivity contribution in [1.29, 1.82) is 0 Å². The molecular formula is C20H29N5O5. The number of fused-ring (bicyclic) bond motifs is 3. The molecule has 0 unspecified atom stereocenters. The maximum absolute atomic E-state index is 12.4. The van der Waals surface area contributed by atoms with Crippen LogP contribution in [-0.4, -0.2) is 61.7 Å². The van der Waals surface area contributed by atoms with E-state index in [0.717, 1.165) is 37.2 Å². The van der Waals surface area contributed by atoms with E-state index in [1.54, 1.807) is 4.90 Å². The molecule has 164 valence electrons. The topological polar surface area (TPSA) is 121 Å². The summed E-state index contributed by atoms with van der Waals surface area (Å²) in [5.74, 6) is 1.39. The smallest absolute Gasteiger partial charge is 0.407 e. The standard InChI is InChI=1S/C20H29N5O5/c1-19(2,3)30-17(26)21-12-6-11(7-12)8-15-22-23-16(29-15)13-9-20(4-5-20)14-10-24(13)18(27)25(14)28/h11-14,28H,4-10H2,1-3H3,(H,21,26)/t11?,12?,13-,14+/m0/s1. The first kappa shape index (κ1) is 19.6. The normalized spacial score (nSPS) is 31.7. The van der Waals surface area contributed by atoms with E-state index in [1.807, 2.05) is 20.8 Å². The van der Waals surface area contributed by atoms with Crippen molar-refractivity contribution in [2.75, 3.05) is 6.54 Å². The van der Waals surface area contributed by atoms with Gasteiger partial charge in [0.2, 0.25) is 11.8 Å². The average Bonchev–Trinajstić information content (AvgIpc) is 3.13. The molecule has 3 amide bonds. The summed E-state index contributed by atoms with van der Waals surface area (Å²) in [5.41, 5.74) is -0.513. The molecule has 2 bridgehead atoms. The molecule has 2 saturated heterocycles. The predicted molar refractivity (Wildman–Crippen MR) is 102 cm³/mol. The number of alkyl carbamates (subject to hydrolysis) is 1. The second-order valence-electron chi connectivity index (χ2n) is 10.3. The highest BCUT2D eigenvalue weighted by Gasteiger charge is 2.63. The van der Waals surface area contributed by atoms with Crippen LogP contribution in [0.1, 0.15) is 70.7 Å². The Hall–Kier alpha value is -2.36. The van der Waals surface area contributed by atoms with Gasteiger partial charge in [0.25, 0.3) is 0 Å². The summed E-state index contributed by atoms with van der Waals surface area (Å²) in [7, 11) is 0. The first-order chi connectivity index (χ1) is 14.1. The molecule has 30 heavy (non-hydrogen) atoms. The quantitative estimate of drug-likeness (QED) is 0.720. The molecule has 1 aromatic heterocycles. The zero-order chi connectivity index (χ0) is 21.3. The third-order valence-corrected chi connectivity index (χ3v) is 6.87. The van der Waals surface area contributed by atoms with E-state index in [0.29, 0.717) is 30.7 Å². The van der Waals surface area contributed by atoms with Crippen LogP contribution in [0.2, 0.25) is 0 Å². The third-order valence-electron chi connectivity index (χ3n) is 6.87. The van der Waals surface area contributed by atoms with Crippen molar-refractivity contribution in [1.82, 2.24) is 25.5 Å². The highest BCUT2D eigenvalue weighted by atomic mass is 16.6. The van der Waals surface area contributed by atoms with Gasteiger partial charge in [0.05, 0.1) is 6.04 Å². The second kappa shape index (κ2) is 6.57. The van der Waals surface area contributed by atoms with Crippen molar-refractivity contribution in [2.45, 2.75) is 83.0 Å². The lowest BCUT2D eigenvalue weighted by atomic mass is 9.78. The third kappa shape index (κ3) is 3.40. The van der Waals surface area contributed by atoms with Crippen LogP contribution < -0.4 is 5.32 Å². The SMILES string of the molecule is CC(C)(C)OC(=O)NC1CC(Cc2nnc([C@@H]3CC4(CC4)[C@H]4CN3C(=O)N4O)o2)C1. The fourth-order valence-electron chi connectivity index (χ4n) is 5.10. The van der Waals surface area contributed by atoms with Crippen LogP contribution in [0.15, 0.2) is 4.42 Å². The minimum Gasteiger partial charge on any atom is -0.444 e. The van der Waals surface area contributed by atoms with Gasteiger partial charge in [0.15, 0.2) is 0 Å². The largest absolute Gasteiger partial charge is 0.444 e. The van der Waals surface area contributed by atoms with E-state index < -0.39 is 5.60 Å². The molecule has 5 rings (SSSR count). The summed E-state index contributed by atoms with van der Waals surface area (Å²) in [5, 5.41) is 22.4. The molecule has 2 aliphatic heterocycles. The van der Waals surface area contributed by atoms with Gasteiger partial charge >= 0.3 is 12.1 Å². The number of piperidine rings is 1. The van der Waals surface area contributed by atoms with E-state index in [4.69, 9.17) is 9.15 Å². The monoisotopic (exact) mass is 419 g/mol. The molecule has 2 aliphatic carbocycles. The molecule has 3 heterocycles. The summed E-state index contributed by atoms with van der Waals surface area (Å²) < 4.78 is 11.2. The van der Waals surface area contributed by atoms with E-state index in [-0.39, 0.29) is 35.7 Å². The molecule has 2 N–H and O–H groups in total. The maximum Gasteiger partial charge on any atom is 0.407 e. The summed E-state index contributed by atoms with van der Waals surface area (Å²) in [6.07, 6.45) is 4.74. The van der Waals surface area contributed by atoms with Gasteiger partial charge in [-0.2, -0.15) is 0 Å². The first-order valence-corrected chi connectivity index (χ1v) is 10.7. The number of ether oxygens (including phenoxy) is 1. The Labute approximate surface area is 174 Å². The number of rotatable bonds is 4.